The van der Waals surface area contributed by atoms with Gasteiger partial charge >= 0.3 is 11.9 Å². The number of aliphatic carboxylic acids is 1. The maximum Gasteiger partial charge on any atom is 0.345 e. The van der Waals surface area contributed by atoms with Crippen molar-refractivity contribution in [2.75, 3.05) is 0 Å². The summed E-state index contributed by atoms with van der Waals surface area (Å²) in [5.41, 5.74) is 0. The smallest absolute Gasteiger partial charge is 0.345 e. The fourth-order valence-electron chi connectivity index (χ4n) is 3.53. The van der Waals surface area contributed by atoms with Crippen LogP contribution in [-0.4, -0.2) is 23.1 Å². The number of carboxylic acids is 1. The average molecular weight is 399 g/mol. The van der Waals surface area contributed by atoms with E-state index in [4.69, 9.17) is 9.84 Å². The zero-order valence-corrected chi connectivity index (χ0v) is 18.7. The molecule has 1 unspecified atom stereocenters. The maximum atomic E-state index is 11.2. The quantitative estimate of drug-likeness (QED) is 0.161. The normalized spacial score (nSPS) is 12.1. The van der Waals surface area contributed by atoms with Gasteiger partial charge in [-0.15, -0.1) is 0 Å². The van der Waals surface area contributed by atoms with Gasteiger partial charge in [-0.2, -0.15) is 0 Å². The van der Waals surface area contributed by atoms with Crippen LogP contribution in [0.25, 0.3) is 0 Å². The highest BCUT2D eigenvalue weighted by Crippen LogP contribution is 2.15. The summed E-state index contributed by atoms with van der Waals surface area (Å²) in [7, 11) is 0. The number of hydrogen-bond acceptors (Lipinski definition) is 3. The molecule has 0 aliphatic rings. The molecule has 0 aromatic carbocycles. The number of unbranched alkanes of at least 4 members (excludes halogenated alkanes) is 16. The largest absolute Gasteiger partial charge is 0.479 e. The lowest BCUT2D eigenvalue weighted by Crippen LogP contribution is -2.26. The molecule has 0 radical (unpaired) electrons. The number of carboxylic acid groups (broad SMARTS) is 1. The number of esters is 1. The fraction of sp³-hybridized carbons (Fsp3) is 0.917. The lowest BCUT2D eigenvalue weighted by Gasteiger charge is -2.12. The van der Waals surface area contributed by atoms with E-state index in [9.17, 15) is 9.59 Å². The van der Waals surface area contributed by atoms with Gasteiger partial charge in [0.15, 0.2) is 6.10 Å². The minimum absolute atomic E-state index is 0.225. The summed E-state index contributed by atoms with van der Waals surface area (Å²) < 4.78 is 4.95. The van der Waals surface area contributed by atoms with Crippen molar-refractivity contribution < 1.29 is 19.4 Å². The van der Waals surface area contributed by atoms with Crippen LogP contribution in [0.4, 0.5) is 0 Å². The zero-order chi connectivity index (χ0) is 20.9. The highest BCUT2D eigenvalue weighted by molar-refractivity contribution is 5.77. The molecule has 0 spiro atoms. The van der Waals surface area contributed by atoms with Crippen LogP contribution in [0.1, 0.15) is 136 Å². The van der Waals surface area contributed by atoms with Gasteiger partial charge in [0.05, 0.1) is 0 Å². The van der Waals surface area contributed by atoms with E-state index in [1.54, 1.807) is 6.92 Å². The number of ether oxygens (including phenoxy) is 1. The summed E-state index contributed by atoms with van der Waals surface area (Å²) in [5.74, 6) is -1.46. The minimum Gasteiger partial charge on any atom is -0.479 e. The van der Waals surface area contributed by atoms with E-state index < -0.39 is 18.0 Å². The molecule has 1 N–H and O–H groups in total. The molecule has 0 saturated heterocycles. The van der Waals surface area contributed by atoms with E-state index in [1.807, 2.05) is 0 Å². The predicted molar refractivity (Wildman–Crippen MR) is 117 cm³/mol. The molecule has 1 atom stereocenters. The molecule has 0 heterocycles. The number of carbonyl (C=O) groups excluding carboxylic acids is 1. The van der Waals surface area contributed by atoms with Gasteiger partial charge < -0.3 is 9.84 Å². The third kappa shape index (κ3) is 18.3. The molecular formula is C24H46O4. The van der Waals surface area contributed by atoms with E-state index in [0.29, 0.717) is 6.42 Å². The van der Waals surface area contributed by atoms with Crippen LogP contribution in [0.2, 0.25) is 0 Å². The van der Waals surface area contributed by atoms with Crippen LogP contribution in [0.15, 0.2) is 0 Å². The summed E-state index contributed by atoms with van der Waals surface area (Å²) in [6.07, 6.45) is 21.9. The Balaban J connectivity index is 3.30. The minimum atomic E-state index is -1.03. The van der Waals surface area contributed by atoms with Crippen LogP contribution in [0.5, 0.6) is 0 Å². The first kappa shape index (κ1) is 26.9. The van der Waals surface area contributed by atoms with Gasteiger partial charge in [-0.1, -0.05) is 117 Å². The van der Waals surface area contributed by atoms with Crippen LogP contribution in [0, 0.1) is 0 Å². The van der Waals surface area contributed by atoms with E-state index in [-0.39, 0.29) is 6.42 Å². The monoisotopic (exact) mass is 398 g/mol. The molecule has 0 rings (SSSR count). The zero-order valence-electron chi connectivity index (χ0n) is 18.7. The van der Waals surface area contributed by atoms with Crippen LogP contribution < -0.4 is 0 Å². The van der Waals surface area contributed by atoms with Gasteiger partial charge in [0.2, 0.25) is 0 Å². The van der Waals surface area contributed by atoms with Crippen molar-refractivity contribution in [1.29, 1.82) is 0 Å². The van der Waals surface area contributed by atoms with Gasteiger partial charge in [-0.05, 0) is 12.8 Å². The lowest BCUT2D eigenvalue weighted by atomic mass is 10.0. The van der Waals surface area contributed by atoms with Gasteiger partial charge in [0.1, 0.15) is 0 Å². The first-order valence-corrected chi connectivity index (χ1v) is 12.0. The molecule has 0 saturated carbocycles. The van der Waals surface area contributed by atoms with Crippen molar-refractivity contribution in [1.82, 2.24) is 0 Å². The van der Waals surface area contributed by atoms with E-state index >= 15 is 0 Å². The second kappa shape index (κ2) is 20.7. The molecule has 0 aliphatic heterocycles. The fourth-order valence-corrected chi connectivity index (χ4v) is 3.53. The van der Waals surface area contributed by atoms with Crippen molar-refractivity contribution in [3.63, 3.8) is 0 Å². The van der Waals surface area contributed by atoms with Gasteiger partial charge in [0, 0.05) is 6.42 Å². The summed E-state index contributed by atoms with van der Waals surface area (Å²) in [5, 5.41) is 9.08. The number of rotatable bonds is 21. The molecule has 0 amide bonds. The standard InChI is InChI=1S/C24H46O4/c1-3-5-6-7-8-9-10-11-12-13-14-15-16-17-18-19-20-21-22(24(26)27)28-23(25)4-2/h22H,3-21H2,1-2H3,(H,26,27). The molecule has 0 fully saturated rings. The summed E-state index contributed by atoms with van der Waals surface area (Å²) >= 11 is 0. The topological polar surface area (TPSA) is 63.6 Å². The first-order chi connectivity index (χ1) is 13.6. The van der Waals surface area contributed by atoms with Gasteiger partial charge in [-0.25, -0.2) is 4.79 Å². The molecule has 0 aliphatic carbocycles. The Hall–Kier alpha value is -1.06. The maximum absolute atomic E-state index is 11.2. The Morgan fingerprint density at radius 2 is 1.00 bits per heavy atom. The molecule has 28 heavy (non-hydrogen) atoms. The van der Waals surface area contributed by atoms with Gasteiger partial charge in [-0.3, -0.25) is 4.79 Å². The first-order valence-electron chi connectivity index (χ1n) is 12.0. The number of carbonyl (C=O) groups is 2. The third-order valence-corrected chi connectivity index (χ3v) is 5.41. The van der Waals surface area contributed by atoms with Crippen LogP contribution in [0.3, 0.4) is 0 Å². The Bertz CT molecular complexity index is 368. The summed E-state index contributed by atoms with van der Waals surface area (Å²) in [6.45, 7) is 3.95. The van der Waals surface area contributed by atoms with Crippen LogP contribution in [-0.2, 0) is 14.3 Å². The van der Waals surface area contributed by atoms with E-state index in [0.717, 1.165) is 19.3 Å². The summed E-state index contributed by atoms with van der Waals surface area (Å²) in [4.78, 5) is 22.3. The third-order valence-electron chi connectivity index (χ3n) is 5.41. The SMILES string of the molecule is CCCCCCCCCCCCCCCCCCCC(OC(=O)CC)C(=O)O. The highest BCUT2D eigenvalue weighted by atomic mass is 16.6. The Kier molecular flexibility index (Phi) is 19.9. The lowest BCUT2D eigenvalue weighted by molar-refractivity contribution is -0.164. The molecule has 4 heteroatoms. The summed E-state index contributed by atoms with van der Waals surface area (Å²) in [6, 6.07) is 0. The van der Waals surface area contributed by atoms with Crippen molar-refractivity contribution in [3.05, 3.63) is 0 Å². The molecule has 0 bridgehead atoms. The number of hydrogen-bond donors (Lipinski definition) is 1. The molecular weight excluding hydrogens is 352 g/mol. The van der Waals surface area contributed by atoms with Crippen molar-refractivity contribution in [2.45, 2.75) is 142 Å². The Morgan fingerprint density at radius 1 is 0.643 bits per heavy atom. The predicted octanol–water partition coefficient (Wildman–Crippen LogP) is 7.43. The van der Waals surface area contributed by atoms with Crippen molar-refractivity contribution in [2.24, 2.45) is 0 Å². The molecule has 166 valence electrons. The second-order valence-electron chi connectivity index (χ2n) is 8.12. The van der Waals surface area contributed by atoms with Crippen molar-refractivity contribution in [3.8, 4) is 0 Å². The van der Waals surface area contributed by atoms with E-state index in [2.05, 4.69) is 6.92 Å². The average Bonchev–Trinajstić information content (AvgIpc) is 2.69. The van der Waals surface area contributed by atoms with Crippen LogP contribution >= 0.6 is 0 Å². The second-order valence-corrected chi connectivity index (χ2v) is 8.12. The highest BCUT2D eigenvalue weighted by Gasteiger charge is 2.20. The molecule has 4 nitrogen and oxygen atoms in total. The van der Waals surface area contributed by atoms with E-state index in [1.165, 1.54) is 89.9 Å². The van der Waals surface area contributed by atoms with Crippen molar-refractivity contribution >= 4 is 11.9 Å². The van der Waals surface area contributed by atoms with Gasteiger partial charge in [0.25, 0.3) is 0 Å². The Labute approximate surface area is 173 Å². The molecule has 0 aromatic heterocycles. The molecule has 0 aromatic rings. The Morgan fingerprint density at radius 3 is 1.32 bits per heavy atom.